The fourth-order valence-corrected chi connectivity index (χ4v) is 4.16. The van der Waals surface area contributed by atoms with Crippen LogP contribution in [-0.4, -0.2) is 44.6 Å². The van der Waals surface area contributed by atoms with Crippen molar-refractivity contribution in [1.82, 2.24) is 14.5 Å². The lowest BCUT2D eigenvalue weighted by molar-refractivity contribution is -0.149. The quantitative estimate of drug-likeness (QED) is 0.899. The molecule has 2 amide bonds. The van der Waals surface area contributed by atoms with Gasteiger partial charge >= 0.3 is 12.0 Å². The van der Waals surface area contributed by atoms with Crippen LogP contribution >= 0.6 is 0 Å². The van der Waals surface area contributed by atoms with E-state index in [1.165, 1.54) is 0 Å². The van der Waals surface area contributed by atoms with Crippen molar-refractivity contribution < 1.29 is 14.7 Å². The van der Waals surface area contributed by atoms with E-state index in [4.69, 9.17) is 0 Å². The Morgan fingerprint density at radius 1 is 1.28 bits per heavy atom. The van der Waals surface area contributed by atoms with Crippen LogP contribution in [0.15, 0.2) is 42.7 Å². The number of carbonyl (C=O) groups is 2. The van der Waals surface area contributed by atoms with Crippen LogP contribution in [0.1, 0.15) is 19.3 Å². The van der Waals surface area contributed by atoms with Gasteiger partial charge < -0.3 is 10.0 Å². The number of para-hydroxylation sites is 1. The molecule has 25 heavy (non-hydrogen) atoms. The first-order valence-electron chi connectivity index (χ1n) is 8.48. The summed E-state index contributed by atoms with van der Waals surface area (Å²) in [5.41, 5.74) is 0.127. The molecule has 7 nitrogen and oxygen atoms in total. The number of nitrogens with one attached hydrogen (secondary N) is 1. The van der Waals surface area contributed by atoms with E-state index in [1.807, 2.05) is 30.3 Å². The van der Waals surface area contributed by atoms with Crippen LogP contribution in [0.3, 0.4) is 0 Å². The second-order valence-electron chi connectivity index (χ2n) is 6.82. The number of hydrogen-bond donors (Lipinski definition) is 2. The Morgan fingerprint density at radius 2 is 2.08 bits per heavy atom. The number of nitrogens with zero attached hydrogens (tertiary/aromatic N) is 3. The van der Waals surface area contributed by atoms with E-state index in [-0.39, 0.29) is 18.5 Å². The first kappa shape index (κ1) is 15.7. The smallest absolute Gasteiger partial charge is 0.324 e. The van der Waals surface area contributed by atoms with Crippen LogP contribution in [-0.2, 0) is 4.79 Å². The van der Waals surface area contributed by atoms with E-state index in [0.717, 1.165) is 18.5 Å². The standard InChI is InChI=1S/C18H20N4O3/c23-15(24)18-8-4-5-13(18)11-21(12-18)17(25)20-16-19-9-10-22(16)14-6-2-1-3-7-14/h1-3,6-7,9-10,13H,4-5,8,11-12H2,(H,23,24)(H,19,20,25)/t13-,18+/m0/s1. The molecule has 1 aromatic heterocycles. The Labute approximate surface area is 145 Å². The van der Waals surface area contributed by atoms with Gasteiger partial charge in [-0.1, -0.05) is 24.6 Å². The monoisotopic (exact) mass is 340 g/mol. The van der Waals surface area contributed by atoms with Gasteiger partial charge in [0.2, 0.25) is 5.95 Å². The molecule has 130 valence electrons. The number of imidazole rings is 1. The summed E-state index contributed by atoms with van der Waals surface area (Å²) in [6.07, 6.45) is 5.84. The van der Waals surface area contributed by atoms with E-state index in [2.05, 4.69) is 10.3 Å². The highest BCUT2D eigenvalue weighted by atomic mass is 16.4. The number of benzene rings is 1. The Balaban J connectivity index is 1.51. The van der Waals surface area contributed by atoms with E-state index < -0.39 is 11.4 Å². The van der Waals surface area contributed by atoms with Gasteiger partial charge in [0.25, 0.3) is 0 Å². The summed E-state index contributed by atoms with van der Waals surface area (Å²) in [6, 6.07) is 9.32. The zero-order valence-electron chi connectivity index (χ0n) is 13.8. The van der Waals surface area contributed by atoms with Crippen LogP contribution in [0.2, 0.25) is 0 Å². The van der Waals surface area contributed by atoms with Crippen molar-refractivity contribution in [2.45, 2.75) is 19.3 Å². The topological polar surface area (TPSA) is 87.5 Å². The molecule has 0 spiro atoms. The second-order valence-corrected chi connectivity index (χ2v) is 6.82. The predicted octanol–water partition coefficient (Wildman–Crippen LogP) is 2.59. The zero-order chi connectivity index (χ0) is 17.4. The molecule has 2 aromatic rings. The highest BCUT2D eigenvalue weighted by Crippen LogP contribution is 2.48. The number of rotatable bonds is 3. The van der Waals surface area contributed by atoms with Crippen LogP contribution in [0.5, 0.6) is 0 Å². The molecule has 1 saturated heterocycles. The first-order valence-corrected chi connectivity index (χ1v) is 8.48. The van der Waals surface area contributed by atoms with Gasteiger partial charge in [0.05, 0.1) is 5.41 Å². The Kier molecular flexibility index (Phi) is 3.71. The van der Waals surface area contributed by atoms with E-state index in [0.29, 0.717) is 18.9 Å². The Bertz CT molecular complexity index is 804. The normalized spacial score (nSPS) is 25.0. The summed E-state index contributed by atoms with van der Waals surface area (Å²) in [6.45, 7) is 0.759. The van der Waals surface area contributed by atoms with Gasteiger partial charge in [0.15, 0.2) is 0 Å². The Hall–Kier alpha value is -2.83. The number of amides is 2. The number of urea groups is 1. The first-order chi connectivity index (χ1) is 12.1. The highest BCUT2D eigenvalue weighted by Gasteiger charge is 2.55. The van der Waals surface area contributed by atoms with Crippen LogP contribution in [0.4, 0.5) is 10.7 Å². The number of likely N-dealkylation sites (tertiary alicyclic amines) is 1. The van der Waals surface area contributed by atoms with Crippen molar-refractivity contribution in [2.24, 2.45) is 11.3 Å². The second kappa shape index (κ2) is 5.91. The number of hydrogen-bond acceptors (Lipinski definition) is 3. The fraction of sp³-hybridized carbons (Fsp3) is 0.389. The number of fused-ring (bicyclic) bond motifs is 1. The van der Waals surface area contributed by atoms with Crippen molar-refractivity contribution in [3.05, 3.63) is 42.7 Å². The summed E-state index contributed by atoms with van der Waals surface area (Å²) >= 11 is 0. The molecule has 1 saturated carbocycles. The number of carboxylic acids is 1. The van der Waals surface area contributed by atoms with Crippen LogP contribution < -0.4 is 5.32 Å². The summed E-state index contributed by atoms with van der Waals surface area (Å²) < 4.78 is 1.79. The van der Waals surface area contributed by atoms with E-state index in [1.54, 1.807) is 21.9 Å². The van der Waals surface area contributed by atoms with E-state index >= 15 is 0 Å². The minimum Gasteiger partial charge on any atom is -0.481 e. The molecular weight excluding hydrogens is 320 g/mol. The maximum absolute atomic E-state index is 12.7. The minimum atomic E-state index is -0.781. The van der Waals surface area contributed by atoms with E-state index in [9.17, 15) is 14.7 Å². The molecule has 2 N–H and O–H groups in total. The summed E-state index contributed by atoms with van der Waals surface area (Å²) in [4.78, 5) is 30.2. The molecule has 1 aliphatic carbocycles. The molecule has 1 aromatic carbocycles. The molecular formula is C18H20N4O3. The van der Waals surface area contributed by atoms with Gasteiger partial charge in [-0.2, -0.15) is 0 Å². The molecule has 2 fully saturated rings. The average Bonchev–Trinajstić information content (AvgIpc) is 3.29. The number of aromatic nitrogens is 2. The molecule has 2 heterocycles. The number of carbonyl (C=O) groups excluding carboxylic acids is 1. The molecule has 1 aliphatic heterocycles. The van der Waals surface area contributed by atoms with Gasteiger partial charge in [-0.3, -0.25) is 14.7 Å². The Morgan fingerprint density at radius 3 is 2.80 bits per heavy atom. The molecule has 0 bridgehead atoms. The largest absolute Gasteiger partial charge is 0.481 e. The molecule has 0 unspecified atom stereocenters. The van der Waals surface area contributed by atoms with Crippen molar-refractivity contribution in [3.63, 3.8) is 0 Å². The van der Waals surface area contributed by atoms with Crippen molar-refractivity contribution in [2.75, 3.05) is 18.4 Å². The summed E-state index contributed by atoms with van der Waals surface area (Å²) in [7, 11) is 0. The lowest BCUT2D eigenvalue weighted by Gasteiger charge is -2.23. The number of aliphatic carboxylic acids is 1. The third-order valence-corrected chi connectivity index (χ3v) is 5.48. The third kappa shape index (κ3) is 2.56. The predicted molar refractivity (Wildman–Crippen MR) is 91.6 cm³/mol. The van der Waals surface area contributed by atoms with Gasteiger partial charge in [-0.05, 0) is 30.9 Å². The highest BCUT2D eigenvalue weighted by molar-refractivity contribution is 5.89. The zero-order valence-corrected chi connectivity index (χ0v) is 13.8. The lowest BCUT2D eigenvalue weighted by atomic mass is 9.81. The molecule has 2 aliphatic rings. The van der Waals surface area contributed by atoms with Crippen LogP contribution in [0, 0.1) is 11.3 Å². The third-order valence-electron chi connectivity index (χ3n) is 5.48. The van der Waals surface area contributed by atoms with Gasteiger partial charge in [-0.15, -0.1) is 0 Å². The fourth-order valence-electron chi connectivity index (χ4n) is 4.16. The summed E-state index contributed by atoms with van der Waals surface area (Å²) in [5, 5.41) is 12.5. The molecule has 7 heteroatoms. The van der Waals surface area contributed by atoms with Gasteiger partial charge in [0, 0.05) is 31.2 Å². The molecule has 4 rings (SSSR count). The average molecular weight is 340 g/mol. The summed E-state index contributed by atoms with van der Waals surface area (Å²) in [5.74, 6) is -0.307. The van der Waals surface area contributed by atoms with Gasteiger partial charge in [-0.25, -0.2) is 9.78 Å². The van der Waals surface area contributed by atoms with Crippen molar-refractivity contribution in [1.29, 1.82) is 0 Å². The van der Waals surface area contributed by atoms with Crippen LogP contribution in [0.25, 0.3) is 5.69 Å². The molecule has 0 radical (unpaired) electrons. The van der Waals surface area contributed by atoms with Crippen molar-refractivity contribution in [3.8, 4) is 5.69 Å². The maximum Gasteiger partial charge on any atom is 0.324 e. The number of anilines is 1. The minimum absolute atomic E-state index is 0.0459. The van der Waals surface area contributed by atoms with Gasteiger partial charge in [0.1, 0.15) is 0 Å². The molecule has 2 atom stereocenters. The van der Waals surface area contributed by atoms with Crippen molar-refractivity contribution >= 4 is 17.9 Å². The lowest BCUT2D eigenvalue weighted by Crippen LogP contribution is -2.39. The SMILES string of the molecule is O=C(Nc1nccn1-c1ccccc1)N1C[C@@H]2CCC[C@@]2(C(=O)O)C1. The number of carboxylic acid groups (broad SMARTS) is 1. The maximum atomic E-state index is 12.7.